The lowest BCUT2D eigenvalue weighted by Gasteiger charge is -2.26. The number of methoxy groups -OCH3 is 1. The van der Waals surface area contributed by atoms with Crippen LogP contribution in [-0.4, -0.2) is 22.8 Å². The quantitative estimate of drug-likeness (QED) is 0.916. The van der Waals surface area contributed by atoms with Crippen LogP contribution < -0.4 is 10.2 Å². The Bertz CT molecular complexity index is 851. The van der Waals surface area contributed by atoms with E-state index in [0.29, 0.717) is 18.5 Å². The molecule has 0 saturated carbocycles. The molecule has 3 rings (SSSR count). The number of benzene rings is 1. The molecular weight excluding hydrogens is 306 g/mol. The lowest BCUT2D eigenvalue weighted by atomic mass is 9.91. The maximum atomic E-state index is 12.7. The molecule has 2 aromatic rings. The van der Waals surface area contributed by atoms with E-state index in [9.17, 15) is 14.7 Å². The molecule has 0 aliphatic carbocycles. The van der Waals surface area contributed by atoms with E-state index in [-0.39, 0.29) is 11.0 Å². The third-order valence-electron chi connectivity index (χ3n) is 4.58. The van der Waals surface area contributed by atoms with Gasteiger partial charge in [-0.25, -0.2) is 4.79 Å². The van der Waals surface area contributed by atoms with E-state index >= 15 is 0 Å². The molecule has 0 spiro atoms. The van der Waals surface area contributed by atoms with Crippen LogP contribution in [0.1, 0.15) is 41.3 Å². The summed E-state index contributed by atoms with van der Waals surface area (Å²) in [7, 11) is 1.61. The molecule has 1 aliphatic heterocycles. The monoisotopic (exact) mass is 327 g/mol. The van der Waals surface area contributed by atoms with Crippen molar-refractivity contribution < 1.29 is 14.6 Å². The minimum absolute atomic E-state index is 0.142. The van der Waals surface area contributed by atoms with Crippen LogP contribution in [0.15, 0.2) is 29.2 Å². The van der Waals surface area contributed by atoms with Crippen molar-refractivity contribution in [3.8, 4) is 17.0 Å². The Morgan fingerprint density at radius 1 is 1.38 bits per heavy atom. The van der Waals surface area contributed by atoms with Crippen molar-refractivity contribution in [2.75, 3.05) is 7.11 Å². The highest BCUT2D eigenvalue weighted by atomic mass is 16.5. The van der Waals surface area contributed by atoms with Gasteiger partial charge in [0.25, 0.3) is 0 Å². The van der Waals surface area contributed by atoms with Gasteiger partial charge >= 0.3 is 5.97 Å². The first kappa shape index (κ1) is 16.3. The third kappa shape index (κ3) is 2.70. The van der Waals surface area contributed by atoms with Gasteiger partial charge in [-0.15, -0.1) is 0 Å². The topological polar surface area (TPSA) is 68.5 Å². The van der Waals surface area contributed by atoms with E-state index in [2.05, 4.69) is 6.92 Å². The highest BCUT2D eigenvalue weighted by molar-refractivity contribution is 5.88. The van der Waals surface area contributed by atoms with Gasteiger partial charge in [-0.1, -0.05) is 19.4 Å². The highest BCUT2D eigenvalue weighted by Gasteiger charge is 2.24. The van der Waals surface area contributed by atoms with Crippen molar-refractivity contribution in [2.45, 2.75) is 39.2 Å². The smallest absolute Gasteiger partial charge is 0.341 e. The Balaban J connectivity index is 2.29. The third-order valence-corrected chi connectivity index (χ3v) is 4.58. The molecule has 2 heterocycles. The number of hydrogen-bond acceptors (Lipinski definition) is 3. The number of pyridine rings is 1. The second-order valence-corrected chi connectivity index (χ2v) is 6.07. The zero-order valence-corrected chi connectivity index (χ0v) is 14.0. The second-order valence-electron chi connectivity index (χ2n) is 6.07. The number of carboxylic acids is 1. The number of carboxylic acid groups (broad SMARTS) is 1. The Hall–Kier alpha value is -2.56. The molecule has 0 bridgehead atoms. The molecule has 126 valence electrons. The van der Waals surface area contributed by atoms with Gasteiger partial charge in [0.05, 0.1) is 12.8 Å². The lowest BCUT2D eigenvalue weighted by Crippen LogP contribution is -2.26. The van der Waals surface area contributed by atoms with Crippen molar-refractivity contribution in [2.24, 2.45) is 0 Å². The number of ether oxygens (including phenoxy) is 1. The van der Waals surface area contributed by atoms with Gasteiger partial charge in [0.15, 0.2) is 5.43 Å². The Morgan fingerprint density at radius 3 is 2.83 bits per heavy atom. The zero-order chi connectivity index (χ0) is 17.3. The van der Waals surface area contributed by atoms with Gasteiger partial charge < -0.3 is 14.4 Å². The standard InChI is InChI=1S/C19H21NO4/c1-3-4-5-14-17-15-10-13(24-2)7-6-12(15)8-9-20(17)11-16(18(14)21)19(22)23/h6-7,10-11H,3-5,8-9H2,1-2H3,(H,22,23). The number of unbranched alkanes of at least 4 members (excludes halogenated alkanes) is 1. The molecule has 5 nitrogen and oxygen atoms in total. The molecule has 0 amide bonds. The fourth-order valence-electron chi connectivity index (χ4n) is 3.32. The number of carbonyl (C=O) groups is 1. The van der Waals surface area contributed by atoms with Crippen molar-refractivity contribution in [1.29, 1.82) is 0 Å². The normalized spacial score (nSPS) is 12.4. The summed E-state index contributed by atoms with van der Waals surface area (Å²) in [6.45, 7) is 2.73. The van der Waals surface area contributed by atoms with E-state index in [0.717, 1.165) is 41.8 Å². The number of aryl methyl sites for hydroxylation is 2. The fraction of sp³-hybridized carbons (Fsp3) is 0.368. The van der Waals surface area contributed by atoms with Crippen LogP contribution in [0.3, 0.4) is 0 Å². The van der Waals surface area contributed by atoms with E-state index in [1.807, 2.05) is 22.8 Å². The second kappa shape index (κ2) is 6.51. The van der Waals surface area contributed by atoms with Gasteiger partial charge in [0, 0.05) is 23.9 Å². The number of aromatic nitrogens is 1. The maximum Gasteiger partial charge on any atom is 0.341 e. The summed E-state index contributed by atoms with van der Waals surface area (Å²) in [6.07, 6.45) is 4.67. The summed E-state index contributed by atoms with van der Waals surface area (Å²) in [5, 5.41) is 9.36. The average Bonchev–Trinajstić information content (AvgIpc) is 2.59. The van der Waals surface area contributed by atoms with Crippen molar-refractivity contribution in [1.82, 2.24) is 4.57 Å². The summed E-state index contributed by atoms with van der Waals surface area (Å²) in [6, 6.07) is 5.89. The number of rotatable bonds is 5. The summed E-state index contributed by atoms with van der Waals surface area (Å²) in [5.74, 6) is -0.428. The van der Waals surface area contributed by atoms with Gasteiger partial charge in [0.2, 0.25) is 0 Å². The summed E-state index contributed by atoms with van der Waals surface area (Å²) < 4.78 is 7.24. The average molecular weight is 327 g/mol. The lowest BCUT2D eigenvalue weighted by molar-refractivity contribution is 0.0694. The van der Waals surface area contributed by atoms with Crippen molar-refractivity contribution in [3.63, 3.8) is 0 Å². The summed E-state index contributed by atoms with van der Waals surface area (Å²) in [5.41, 5.74) is 3.08. The maximum absolute atomic E-state index is 12.7. The zero-order valence-electron chi connectivity index (χ0n) is 14.0. The van der Waals surface area contributed by atoms with Gasteiger partial charge in [0.1, 0.15) is 11.3 Å². The first-order chi connectivity index (χ1) is 11.6. The molecular formula is C19H21NO4. The van der Waals surface area contributed by atoms with Crippen LogP contribution in [0.25, 0.3) is 11.3 Å². The van der Waals surface area contributed by atoms with Gasteiger partial charge in [-0.3, -0.25) is 4.79 Å². The van der Waals surface area contributed by atoms with Gasteiger partial charge in [-0.05, 0) is 37.0 Å². The van der Waals surface area contributed by atoms with Crippen LogP contribution in [0.2, 0.25) is 0 Å². The molecule has 0 radical (unpaired) electrons. The molecule has 0 atom stereocenters. The molecule has 0 unspecified atom stereocenters. The first-order valence-corrected chi connectivity index (χ1v) is 8.23. The summed E-state index contributed by atoms with van der Waals surface area (Å²) in [4.78, 5) is 24.2. The van der Waals surface area contributed by atoms with Gasteiger partial charge in [-0.2, -0.15) is 0 Å². The predicted molar refractivity (Wildman–Crippen MR) is 92.0 cm³/mol. The van der Waals surface area contributed by atoms with Crippen LogP contribution in [0, 0.1) is 0 Å². The van der Waals surface area contributed by atoms with E-state index < -0.39 is 5.97 Å². The van der Waals surface area contributed by atoms with Crippen molar-refractivity contribution in [3.05, 3.63) is 51.3 Å². The van der Waals surface area contributed by atoms with E-state index in [1.54, 1.807) is 7.11 Å². The minimum atomic E-state index is -1.16. The molecule has 0 fully saturated rings. The SMILES string of the molecule is CCCCc1c2n(cc(C(=O)O)c1=O)CCc1ccc(OC)cc1-2. The predicted octanol–water partition coefficient (Wildman–Crippen LogP) is 3.12. The van der Waals surface area contributed by atoms with Crippen LogP contribution in [-0.2, 0) is 19.4 Å². The van der Waals surface area contributed by atoms with Crippen molar-refractivity contribution >= 4 is 5.97 Å². The first-order valence-electron chi connectivity index (χ1n) is 8.23. The van der Waals surface area contributed by atoms with Crippen LogP contribution in [0.5, 0.6) is 5.75 Å². The summed E-state index contributed by atoms with van der Waals surface area (Å²) >= 11 is 0. The largest absolute Gasteiger partial charge is 0.497 e. The Kier molecular flexibility index (Phi) is 4.42. The molecule has 1 aromatic heterocycles. The Labute approximate surface area is 140 Å². The highest BCUT2D eigenvalue weighted by Crippen LogP contribution is 2.34. The number of aromatic carboxylic acids is 1. The minimum Gasteiger partial charge on any atom is -0.497 e. The molecule has 1 aromatic carbocycles. The van der Waals surface area contributed by atoms with E-state index in [1.165, 1.54) is 6.20 Å². The number of hydrogen-bond donors (Lipinski definition) is 1. The fourth-order valence-corrected chi connectivity index (χ4v) is 3.32. The molecule has 5 heteroatoms. The van der Waals surface area contributed by atoms with E-state index in [4.69, 9.17) is 4.74 Å². The number of fused-ring (bicyclic) bond motifs is 3. The van der Waals surface area contributed by atoms with Crippen LogP contribution >= 0.6 is 0 Å². The molecule has 24 heavy (non-hydrogen) atoms. The van der Waals surface area contributed by atoms with Crippen LogP contribution in [0.4, 0.5) is 0 Å². The molecule has 1 aliphatic rings. The Morgan fingerprint density at radius 2 is 2.17 bits per heavy atom. The molecule has 0 saturated heterocycles. The number of nitrogens with zero attached hydrogens (tertiary/aromatic N) is 1. The molecule has 1 N–H and O–H groups in total.